The molecule has 1 aliphatic carbocycles. The van der Waals surface area contributed by atoms with Crippen molar-refractivity contribution in [1.29, 1.82) is 0 Å². The summed E-state index contributed by atoms with van der Waals surface area (Å²) in [5.41, 5.74) is 0. The Morgan fingerprint density at radius 2 is 2.06 bits per heavy atom. The first-order valence-corrected chi connectivity index (χ1v) is 6.79. The van der Waals surface area contributed by atoms with E-state index in [0.717, 1.165) is 25.6 Å². The predicted octanol–water partition coefficient (Wildman–Crippen LogP) is 1.55. The van der Waals surface area contributed by atoms with E-state index in [9.17, 15) is 0 Å². The fourth-order valence-electron chi connectivity index (χ4n) is 2.83. The van der Waals surface area contributed by atoms with E-state index in [1.165, 1.54) is 25.7 Å². The van der Waals surface area contributed by atoms with Gasteiger partial charge in [-0.2, -0.15) is 0 Å². The lowest BCUT2D eigenvalue weighted by atomic mass is 9.95. The highest BCUT2D eigenvalue weighted by Gasteiger charge is 2.34. The van der Waals surface area contributed by atoms with Crippen LogP contribution in [0.1, 0.15) is 39.0 Å². The zero-order valence-electron chi connectivity index (χ0n) is 10.3. The molecule has 0 aromatic rings. The number of aliphatic hydroxyl groups excluding tert-OH is 1. The minimum Gasteiger partial charge on any atom is -0.396 e. The normalized spacial score (nSPS) is 29.2. The first kappa shape index (κ1) is 12.3. The third-order valence-corrected chi connectivity index (χ3v) is 4.03. The quantitative estimate of drug-likeness (QED) is 0.693. The van der Waals surface area contributed by atoms with Crippen LogP contribution in [-0.4, -0.2) is 37.0 Å². The van der Waals surface area contributed by atoms with Crippen LogP contribution in [0.4, 0.5) is 0 Å². The maximum absolute atomic E-state index is 9.10. The van der Waals surface area contributed by atoms with Crippen molar-refractivity contribution in [3.8, 4) is 0 Å². The number of ether oxygens (including phenoxy) is 1. The summed E-state index contributed by atoms with van der Waals surface area (Å²) in [6.07, 6.45) is 5.96. The molecule has 0 bridgehead atoms. The van der Waals surface area contributed by atoms with Gasteiger partial charge in [-0.3, -0.25) is 0 Å². The van der Waals surface area contributed by atoms with Crippen molar-refractivity contribution in [3.05, 3.63) is 0 Å². The van der Waals surface area contributed by atoms with E-state index in [-0.39, 0.29) is 0 Å². The van der Waals surface area contributed by atoms with Crippen LogP contribution in [0.2, 0.25) is 0 Å². The second-order valence-corrected chi connectivity index (χ2v) is 5.26. The summed E-state index contributed by atoms with van der Waals surface area (Å²) < 4.78 is 5.47. The molecule has 16 heavy (non-hydrogen) atoms. The van der Waals surface area contributed by atoms with Crippen molar-refractivity contribution in [2.75, 3.05) is 19.8 Å². The monoisotopic (exact) mass is 227 g/mol. The van der Waals surface area contributed by atoms with Crippen LogP contribution in [0, 0.1) is 11.8 Å². The van der Waals surface area contributed by atoms with E-state index >= 15 is 0 Å². The van der Waals surface area contributed by atoms with Gasteiger partial charge < -0.3 is 15.2 Å². The molecule has 2 fully saturated rings. The molecular weight excluding hydrogens is 202 g/mol. The number of nitrogens with one attached hydrogen (secondary N) is 1. The Bertz CT molecular complexity index is 200. The van der Waals surface area contributed by atoms with E-state index in [2.05, 4.69) is 12.2 Å². The molecule has 1 aliphatic heterocycles. The molecule has 0 aromatic heterocycles. The Kier molecular flexibility index (Phi) is 4.62. The lowest BCUT2D eigenvalue weighted by molar-refractivity contribution is 0.169. The summed E-state index contributed by atoms with van der Waals surface area (Å²) >= 11 is 0. The lowest BCUT2D eigenvalue weighted by Crippen LogP contribution is -2.44. The minimum atomic E-state index is 0.311. The fraction of sp³-hybridized carbons (Fsp3) is 1.00. The van der Waals surface area contributed by atoms with Gasteiger partial charge in [0.2, 0.25) is 0 Å². The Balaban J connectivity index is 1.82. The molecular formula is C13H25NO2. The van der Waals surface area contributed by atoms with Crippen molar-refractivity contribution in [1.82, 2.24) is 5.32 Å². The molecule has 0 radical (unpaired) electrons. The molecule has 3 heteroatoms. The van der Waals surface area contributed by atoms with Gasteiger partial charge in [0.05, 0.1) is 6.61 Å². The molecule has 1 saturated carbocycles. The van der Waals surface area contributed by atoms with Crippen LogP contribution in [0.15, 0.2) is 0 Å². The molecule has 3 atom stereocenters. The first-order chi connectivity index (χ1) is 7.85. The molecule has 3 nitrogen and oxygen atoms in total. The van der Waals surface area contributed by atoms with Gasteiger partial charge in [-0.15, -0.1) is 0 Å². The number of rotatable bonds is 7. The van der Waals surface area contributed by atoms with E-state index in [0.29, 0.717) is 24.6 Å². The van der Waals surface area contributed by atoms with Crippen molar-refractivity contribution >= 4 is 0 Å². The van der Waals surface area contributed by atoms with Crippen LogP contribution in [-0.2, 0) is 4.74 Å². The van der Waals surface area contributed by atoms with Crippen LogP contribution < -0.4 is 5.32 Å². The summed E-state index contributed by atoms with van der Waals surface area (Å²) in [6, 6.07) is 1.12. The largest absolute Gasteiger partial charge is 0.396 e. The number of aliphatic hydroxyl groups is 1. The van der Waals surface area contributed by atoms with E-state index in [4.69, 9.17) is 9.84 Å². The first-order valence-electron chi connectivity index (χ1n) is 6.79. The van der Waals surface area contributed by atoms with E-state index in [1.54, 1.807) is 0 Å². The van der Waals surface area contributed by atoms with Crippen LogP contribution in [0.25, 0.3) is 0 Å². The van der Waals surface area contributed by atoms with Crippen molar-refractivity contribution in [3.63, 3.8) is 0 Å². The third kappa shape index (κ3) is 3.19. The molecule has 94 valence electrons. The Labute approximate surface area is 98.6 Å². The lowest BCUT2D eigenvalue weighted by Gasteiger charge is -2.28. The van der Waals surface area contributed by atoms with Crippen LogP contribution in [0.3, 0.4) is 0 Å². The predicted molar refractivity (Wildman–Crippen MR) is 64.4 cm³/mol. The van der Waals surface area contributed by atoms with Gasteiger partial charge in [0.15, 0.2) is 0 Å². The second kappa shape index (κ2) is 5.99. The summed E-state index contributed by atoms with van der Waals surface area (Å²) in [6.45, 7) is 4.41. The third-order valence-electron chi connectivity index (χ3n) is 4.03. The summed E-state index contributed by atoms with van der Waals surface area (Å²) in [7, 11) is 0. The highest BCUT2D eigenvalue weighted by Crippen LogP contribution is 2.35. The summed E-state index contributed by atoms with van der Waals surface area (Å²) in [5.74, 6) is 1.51. The van der Waals surface area contributed by atoms with Gasteiger partial charge in [-0.05, 0) is 43.9 Å². The van der Waals surface area contributed by atoms with Gasteiger partial charge in [-0.25, -0.2) is 0 Å². The van der Waals surface area contributed by atoms with Gasteiger partial charge >= 0.3 is 0 Å². The van der Waals surface area contributed by atoms with Gasteiger partial charge in [0.25, 0.3) is 0 Å². The second-order valence-electron chi connectivity index (χ2n) is 5.26. The zero-order chi connectivity index (χ0) is 11.4. The summed E-state index contributed by atoms with van der Waals surface area (Å²) in [5, 5.41) is 12.9. The topological polar surface area (TPSA) is 41.5 Å². The van der Waals surface area contributed by atoms with Crippen LogP contribution in [0.5, 0.6) is 0 Å². The number of hydrogen-bond donors (Lipinski definition) is 2. The Morgan fingerprint density at radius 1 is 1.25 bits per heavy atom. The maximum atomic E-state index is 9.10. The van der Waals surface area contributed by atoms with Crippen molar-refractivity contribution < 1.29 is 9.84 Å². The Morgan fingerprint density at radius 3 is 2.56 bits per heavy atom. The highest BCUT2D eigenvalue weighted by atomic mass is 16.5. The molecule has 2 aliphatic rings. The van der Waals surface area contributed by atoms with Gasteiger partial charge in [0, 0.05) is 25.3 Å². The van der Waals surface area contributed by atoms with Crippen LogP contribution >= 0.6 is 0 Å². The average Bonchev–Trinajstić information content (AvgIpc) is 3.00. The van der Waals surface area contributed by atoms with Gasteiger partial charge in [0.1, 0.15) is 0 Å². The van der Waals surface area contributed by atoms with Crippen molar-refractivity contribution in [2.24, 2.45) is 11.8 Å². The minimum absolute atomic E-state index is 0.311. The van der Waals surface area contributed by atoms with E-state index < -0.39 is 0 Å². The molecule has 2 N–H and O–H groups in total. The smallest absolute Gasteiger partial charge is 0.0510 e. The SMILES string of the molecule is CCC(NC(CCO)C1CC1)C1CCOC1. The Hall–Kier alpha value is -0.120. The number of hydrogen-bond acceptors (Lipinski definition) is 3. The molecule has 2 rings (SSSR count). The van der Waals surface area contributed by atoms with Gasteiger partial charge in [-0.1, -0.05) is 6.92 Å². The zero-order valence-corrected chi connectivity index (χ0v) is 10.3. The summed E-state index contributed by atoms with van der Waals surface area (Å²) in [4.78, 5) is 0. The maximum Gasteiger partial charge on any atom is 0.0510 e. The fourth-order valence-corrected chi connectivity index (χ4v) is 2.83. The highest BCUT2D eigenvalue weighted by molar-refractivity contribution is 4.90. The standard InChI is InChI=1S/C13H25NO2/c1-2-12(11-6-8-16-9-11)14-13(5-7-15)10-3-4-10/h10-15H,2-9H2,1H3. The molecule has 1 heterocycles. The van der Waals surface area contributed by atoms with Crippen molar-refractivity contribution in [2.45, 2.75) is 51.1 Å². The molecule has 0 spiro atoms. The molecule has 0 amide bonds. The molecule has 3 unspecified atom stereocenters. The molecule has 0 aromatic carbocycles. The molecule has 1 saturated heterocycles. The van der Waals surface area contributed by atoms with E-state index in [1.807, 2.05) is 0 Å². The average molecular weight is 227 g/mol.